The van der Waals surface area contributed by atoms with Gasteiger partial charge in [0, 0.05) is 6.20 Å². The van der Waals surface area contributed by atoms with E-state index in [1.54, 1.807) is 6.92 Å². The van der Waals surface area contributed by atoms with Gasteiger partial charge in [-0.15, -0.1) is 0 Å². The number of halogens is 1. The van der Waals surface area contributed by atoms with Crippen molar-refractivity contribution in [2.75, 3.05) is 5.32 Å². The number of anilines is 1. The minimum atomic E-state index is -1.34. The topological polar surface area (TPSA) is 88.2 Å². The van der Waals surface area contributed by atoms with Gasteiger partial charge in [-0.25, -0.2) is 19.2 Å². The van der Waals surface area contributed by atoms with Crippen molar-refractivity contribution >= 4 is 11.8 Å². The zero-order valence-corrected chi connectivity index (χ0v) is 9.48. The molecule has 18 heavy (non-hydrogen) atoms. The average Bonchev–Trinajstić information content (AvgIpc) is 2.73. The molecule has 2 heterocycles. The van der Waals surface area contributed by atoms with Crippen LogP contribution in [-0.2, 0) is 6.54 Å². The first-order valence-electron chi connectivity index (χ1n) is 5.11. The van der Waals surface area contributed by atoms with Crippen molar-refractivity contribution in [3.63, 3.8) is 0 Å². The number of aromatic carboxylic acids is 1. The summed E-state index contributed by atoms with van der Waals surface area (Å²) >= 11 is 0. The van der Waals surface area contributed by atoms with Crippen LogP contribution in [0.25, 0.3) is 0 Å². The summed E-state index contributed by atoms with van der Waals surface area (Å²) in [6, 6.07) is 1.10. The summed E-state index contributed by atoms with van der Waals surface area (Å²) < 4.78 is 18.9. The molecule has 2 aromatic rings. The number of carboxylic acid groups (broad SMARTS) is 1. The minimum absolute atomic E-state index is 0.126. The number of hydrogen-bond acceptors (Lipinski definition) is 5. The van der Waals surface area contributed by atoms with Crippen molar-refractivity contribution in [1.82, 2.24) is 9.97 Å². The van der Waals surface area contributed by atoms with Crippen LogP contribution >= 0.6 is 0 Å². The zero-order valence-electron chi connectivity index (χ0n) is 9.48. The van der Waals surface area contributed by atoms with E-state index in [9.17, 15) is 9.18 Å². The second-order valence-corrected chi connectivity index (χ2v) is 3.54. The number of oxazole rings is 1. The SMILES string of the molecule is Cc1cnc(CNc2nccc(C(=O)O)c2F)o1. The molecule has 0 saturated carbocycles. The Balaban J connectivity index is 2.14. The molecule has 0 amide bonds. The van der Waals surface area contributed by atoms with Gasteiger partial charge in [0.15, 0.2) is 11.6 Å². The quantitative estimate of drug-likeness (QED) is 0.861. The molecule has 2 aromatic heterocycles. The molecule has 0 saturated heterocycles. The zero-order chi connectivity index (χ0) is 13.1. The first-order valence-corrected chi connectivity index (χ1v) is 5.11. The summed E-state index contributed by atoms with van der Waals surface area (Å²) in [5, 5.41) is 11.4. The maximum atomic E-state index is 13.7. The minimum Gasteiger partial charge on any atom is -0.478 e. The van der Waals surface area contributed by atoms with E-state index in [2.05, 4.69) is 15.3 Å². The molecule has 0 atom stereocenters. The van der Waals surface area contributed by atoms with E-state index in [-0.39, 0.29) is 12.4 Å². The van der Waals surface area contributed by atoms with E-state index < -0.39 is 17.3 Å². The molecule has 2 N–H and O–H groups in total. The van der Waals surface area contributed by atoms with Crippen LogP contribution in [0.5, 0.6) is 0 Å². The number of nitrogens with one attached hydrogen (secondary N) is 1. The Hall–Kier alpha value is -2.44. The lowest BCUT2D eigenvalue weighted by molar-refractivity contribution is 0.0692. The van der Waals surface area contributed by atoms with E-state index >= 15 is 0 Å². The number of nitrogens with zero attached hydrogens (tertiary/aromatic N) is 2. The molecule has 0 aliphatic carbocycles. The lowest BCUT2D eigenvalue weighted by Gasteiger charge is -2.05. The highest BCUT2D eigenvalue weighted by molar-refractivity contribution is 5.88. The Morgan fingerprint density at radius 2 is 2.33 bits per heavy atom. The number of pyridine rings is 1. The van der Waals surface area contributed by atoms with Gasteiger partial charge in [-0.2, -0.15) is 0 Å². The standard InChI is InChI=1S/C11H10FN3O3/c1-6-4-14-8(18-6)5-15-10-9(12)7(11(16)17)2-3-13-10/h2-4H,5H2,1H3,(H,13,15)(H,16,17). The molecule has 0 aliphatic rings. The van der Waals surface area contributed by atoms with Gasteiger partial charge in [0.2, 0.25) is 5.89 Å². The van der Waals surface area contributed by atoms with Crippen molar-refractivity contribution in [2.24, 2.45) is 0 Å². The van der Waals surface area contributed by atoms with Crippen molar-refractivity contribution in [1.29, 1.82) is 0 Å². The molecule has 0 radical (unpaired) electrons. The van der Waals surface area contributed by atoms with E-state index in [4.69, 9.17) is 9.52 Å². The van der Waals surface area contributed by atoms with Crippen LogP contribution in [0.15, 0.2) is 22.9 Å². The van der Waals surface area contributed by atoms with E-state index in [0.29, 0.717) is 11.7 Å². The largest absolute Gasteiger partial charge is 0.478 e. The number of aryl methyl sites for hydroxylation is 1. The summed E-state index contributed by atoms with van der Waals surface area (Å²) in [4.78, 5) is 18.4. The Kier molecular flexibility index (Phi) is 3.22. The highest BCUT2D eigenvalue weighted by Gasteiger charge is 2.15. The number of carboxylic acids is 1. The van der Waals surface area contributed by atoms with Crippen LogP contribution in [0.3, 0.4) is 0 Å². The molecule has 0 spiro atoms. The fourth-order valence-corrected chi connectivity index (χ4v) is 1.37. The van der Waals surface area contributed by atoms with Crippen molar-refractivity contribution in [2.45, 2.75) is 13.5 Å². The van der Waals surface area contributed by atoms with Crippen molar-refractivity contribution in [3.05, 3.63) is 41.5 Å². The molecule has 0 aromatic carbocycles. The Morgan fingerprint density at radius 1 is 1.56 bits per heavy atom. The van der Waals surface area contributed by atoms with Crippen LogP contribution < -0.4 is 5.32 Å². The van der Waals surface area contributed by atoms with Gasteiger partial charge < -0.3 is 14.8 Å². The summed E-state index contributed by atoms with van der Waals surface area (Å²) in [5.41, 5.74) is -0.434. The van der Waals surface area contributed by atoms with Crippen LogP contribution in [0.1, 0.15) is 22.0 Å². The molecule has 2 rings (SSSR count). The molecule has 0 fully saturated rings. The van der Waals surface area contributed by atoms with E-state index in [1.807, 2.05) is 0 Å². The van der Waals surface area contributed by atoms with Gasteiger partial charge in [0.05, 0.1) is 12.7 Å². The van der Waals surface area contributed by atoms with Gasteiger partial charge in [-0.3, -0.25) is 0 Å². The first kappa shape index (κ1) is 12.0. The number of rotatable bonds is 4. The average molecular weight is 251 g/mol. The molecule has 6 nitrogen and oxygen atoms in total. The normalized spacial score (nSPS) is 10.3. The van der Waals surface area contributed by atoms with Crippen LogP contribution in [0.2, 0.25) is 0 Å². The molecule has 0 aliphatic heterocycles. The third-order valence-electron chi connectivity index (χ3n) is 2.20. The highest BCUT2D eigenvalue weighted by Crippen LogP contribution is 2.15. The van der Waals surface area contributed by atoms with Gasteiger partial charge in [-0.05, 0) is 13.0 Å². The molecular weight excluding hydrogens is 241 g/mol. The molecule has 94 valence electrons. The predicted molar refractivity (Wildman–Crippen MR) is 59.7 cm³/mol. The molecule has 0 unspecified atom stereocenters. The highest BCUT2D eigenvalue weighted by atomic mass is 19.1. The Bertz CT molecular complexity index is 583. The third kappa shape index (κ3) is 2.45. The first-order chi connectivity index (χ1) is 8.58. The number of carbonyl (C=O) groups is 1. The van der Waals surface area contributed by atoms with Crippen LogP contribution in [0, 0.1) is 12.7 Å². The molecule has 7 heteroatoms. The lowest BCUT2D eigenvalue weighted by Crippen LogP contribution is -2.08. The summed E-state index contributed by atoms with van der Waals surface area (Å²) in [6.45, 7) is 1.86. The number of aromatic nitrogens is 2. The lowest BCUT2D eigenvalue weighted by atomic mass is 10.2. The smallest absolute Gasteiger partial charge is 0.338 e. The maximum Gasteiger partial charge on any atom is 0.338 e. The van der Waals surface area contributed by atoms with Crippen LogP contribution in [-0.4, -0.2) is 21.0 Å². The summed E-state index contributed by atoms with van der Waals surface area (Å²) in [6.07, 6.45) is 2.75. The van der Waals surface area contributed by atoms with Crippen molar-refractivity contribution in [3.8, 4) is 0 Å². The Labute approximate surface area is 101 Å². The predicted octanol–water partition coefficient (Wildman–Crippen LogP) is 1.83. The van der Waals surface area contributed by atoms with E-state index in [0.717, 1.165) is 6.07 Å². The second-order valence-electron chi connectivity index (χ2n) is 3.54. The van der Waals surface area contributed by atoms with Crippen molar-refractivity contribution < 1.29 is 18.7 Å². The van der Waals surface area contributed by atoms with Gasteiger partial charge >= 0.3 is 5.97 Å². The molecule has 0 bridgehead atoms. The number of hydrogen-bond donors (Lipinski definition) is 2. The fourth-order valence-electron chi connectivity index (χ4n) is 1.37. The van der Waals surface area contributed by atoms with Gasteiger partial charge in [0.1, 0.15) is 11.3 Å². The monoisotopic (exact) mass is 251 g/mol. The van der Waals surface area contributed by atoms with Gasteiger partial charge in [-0.1, -0.05) is 0 Å². The molecular formula is C11H10FN3O3. The fraction of sp³-hybridized carbons (Fsp3) is 0.182. The second kappa shape index (κ2) is 4.82. The van der Waals surface area contributed by atoms with Gasteiger partial charge in [0.25, 0.3) is 0 Å². The summed E-state index contributed by atoms with van der Waals surface area (Å²) in [7, 11) is 0. The Morgan fingerprint density at radius 3 is 2.94 bits per heavy atom. The maximum absolute atomic E-state index is 13.7. The van der Waals surface area contributed by atoms with Crippen LogP contribution in [0.4, 0.5) is 10.2 Å². The van der Waals surface area contributed by atoms with E-state index in [1.165, 1.54) is 12.4 Å². The third-order valence-corrected chi connectivity index (χ3v) is 2.20. The summed E-state index contributed by atoms with van der Waals surface area (Å²) in [5.74, 6) is -1.39.